The molecular weight excluding hydrogens is 1560 g/mol. The van der Waals surface area contributed by atoms with Gasteiger partial charge in [0.15, 0.2) is 0 Å². The van der Waals surface area contributed by atoms with E-state index in [1.54, 1.807) is 0 Å². The molecule has 24 rings (SSSR count). The predicted molar refractivity (Wildman–Crippen MR) is 537 cm³/mol. The van der Waals surface area contributed by atoms with E-state index in [9.17, 15) is 0 Å². The van der Waals surface area contributed by atoms with Crippen molar-refractivity contribution in [3.05, 3.63) is 434 Å². The van der Waals surface area contributed by atoms with E-state index in [1.165, 1.54) is 221 Å². The summed E-state index contributed by atoms with van der Waals surface area (Å²) in [6.45, 7) is 12.9. The number of hydrogen-bond acceptors (Lipinski definition) is 6. The van der Waals surface area contributed by atoms with Crippen molar-refractivity contribution in [1.82, 2.24) is 0 Å². The maximum absolute atomic E-state index is 2.31. The van der Waals surface area contributed by atoms with E-state index < -0.39 is 0 Å². The van der Waals surface area contributed by atoms with Crippen LogP contribution in [0.3, 0.4) is 0 Å². The number of rotatable bonds is 6. The first-order valence-corrected chi connectivity index (χ1v) is 45.7. The Balaban J connectivity index is 0.0000000952. The highest BCUT2D eigenvalue weighted by Crippen LogP contribution is 2.46. The summed E-state index contributed by atoms with van der Waals surface area (Å²) in [4.78, 5) is 0. The minimum absolute atomic E-state index is 1.29. The molecule has 576 valence electrons. The van der Waals surface area contributed by atoms with Crippen molar-refractivity contribution in [3.8, 4) is 66.8 Å². The highest BCUT2D eigenvalue weighted by atomic mass is 32.1. The molecule has 24 aromatic rings. The molecule has 0 aliphatic carbocycles. The number of thiophene rings is 6. The van der Waals surface area contributed by atoms with Crippen LogP contribution in [0.15, 0.2) is 400 Å². The molecule has 0 atom stereocenters. The number of fused-ring (bicyclic) bond motifs is 18. The molecular formula is C114H84S6. The van der Waals surface area contributed by atoms with Gasteiger partial charge in [-0.25, -0.2) is 0 Å². The van der Waals surface area contributed by atoms with Gasteiger partial charge < -0.3 is 0 Å². The summed E-state index contributed by atoms with van der Waals surface area (Å²) in [6.07, 6.45) is 0. The fourth-order valence-electron chi connectivity index (χ4n) is 16.5. The van der Waals surface area contributed by atoms with E-state index in [4.69, 9.17) is 0 Å². The molecule has 0 spiro atoms. The second-order valence-electron chi connectivity index (χ2n) is 30.8. The highest BCUT2D eigenvalue weighted by Gasteiger charge is 2.17. The van der Waals surface area contributed by atoms with E-state index in [0.717, 1.165) is 0 Å². The van der Waals surface area contributed by atoms with Gasteiger partial charge >= 0.3 is 0 Å². The van der Waals surface area contributed by atoms with Crippen LogP contribution < -0.4 is 0 Å². The van der Waals surface area contributed by atoms with Crippen LogP contribution in [0.5, 0.6) is 0 Å². The number of hydrogen-bond donors (Lipinski definition) is 0. The second kappa shape index (κ2) is 34.3. The van der Waals surface area contributed by atoms with E-state index >= 15 is 0 Å². The Labute approximate surface area is 724 Å². The standard InChI is InChI=1S/6C19H14S/c1-13-6-4-7-14(12-13)15-9-5-10-17-16-8-2-3-11-18(16)20-19(15)17;1-13-7-2-3-8-14(13)16-10-6-11-17-15-9-4-5-12-18(15)20-19(16)17;1-13-5-4-6-14(11-13)15-9-10-17-16-7-2-3-8-18(16)20-19(17)12-15;1-13-9-11-14(12-10-13)15-6-4-7-17-16-5-2-3-8-18(16)20-19(15)17;1-13-7-5-11-16-17-12-6-10-15(19(17)20-18(13)16)14-8-3-2-4-9-14;1-13-6-8-14(9-7-13)15-10-11-17-16-4-2-3-5-18(16)20-19(17)12-15/h6*2-12H,1H3. The largest absolute Gasteiger partial charge is 0.135 e. The monoisotopic (exact) mass is 1640 g/mol. The molecule has 6 heterocycles. The van der Waals surface area contributed by atoms with Crippen molar-refractivity contribution in [2.24, 2.45) is 0 Å². The second-order valence-corrected chi connectivity index (χ2v) is 37.2. The lowest BCUT2D eigenvalue weighted by atomic mass is 9.99. The molecule has 0 saturated heterocycles. The van der Waals surface area contributed by atoms with E-state index in [1.807, 2.05) is 68.0 Å². The van der Waals surface area contributed by atoms with Crippen LogP contribution in [-0.2, 0) is 0 Å². The van der Waals surface area contributed by atoms with Gasteiger partial charge in [0.1, 0.15) is 0 Å². The van der Waals surface area contributed by atoms with E-state index in [0.29, 0.717) is 0 Å². The van der Waals surface area contributed by atoms with Gasteiger partial charge in [0.25, 0.3) is 0 Å². The Bertz CT molecular complexity index is 7850. The van der Waals surface area contributed by atoms with Gasteiger partial charge in [-0.2, -0.15) is 0 Å². The summed E-state index contributed by atoms with van der Waals surface area (Å²) in [7, 11) is 0. The number of benzene rings is 18. The molecule has 6 heteroatoms. The van der Waals surface area contributed by atoms with Crippen LogP contribution in [0, 0.1) is 41.5 Å². The van der Waals surface area contributed by atoms with Gasteiger partial charge in [0.2, 0.25) is 0 Å². The van der Waals surface area contributed by atoms with Gasteiger partial charge in [-0.05, 0) is 162 Å². The summed E-state index contributed by atoms with van der Waals surface area (Å²) in [5.74, 6) is 0. The lowest BCUT2D eigenvalue weighted by Crippen LogP contribution is -1.82. The van der Waals surface area contributed by atoms with Crippen LogP contribution in [0.4, 0.5) is 0 Å². The maximum atomic E-state index is 2.31. The van der Waals surface area contributed by atoms with Crippen molar-refractivity contribution >= 4 is 189 Å². The summed E-state index contributed by atoms with van der Waals surface area (Å²) in [6, 6.07) is 144. The number of aryl methyl sites for hydroxylation is 6. The van der Waals surface area contributed by atoms with Crippen LogP contribution in [0.2, 0.25) is 0 Å². The average Bonchev–Trinajstić information content (AvgIpc) is 1.61. The Morgan fingerprint density at radius 2 is 0.417 bits per heavy atom. The molecule has 0 fully saturated rings. The van der Waals surface area contributed by atoms with Crippen molar-refractivity contribution in [2.75, 3.05) is 0 Å². The molecule has 0 bridgehead atoms. The highest BCUT2D eigenvalue weighted by molar-refractivity contribution is 7.28. The minimum atomic E-state index is 1.29. The molecule has 0 radical (unpaired) electrons. The Morgan fingerprint density at radius 1 is 0.133 bits per heavy atom. The summed E-state index contributed by atoms with van der Waals surface area (Å²) in [5.41, 5.74) is 23.7. The summed E-state index contributed by atoms with van der Waals surface area (Å²) in [5, 5.41) is 16.4. The lowest BCUT2D eigenvalue weighted by Gasteiger charge is -2.06. The maximum Gasteiger partial charge on any atom is 0.0433 e. The Morgan fingerprint density at radius 3 is 0.900 bits per heavy atom. The molecule has 0 saturated carbocycles. The third-order valence-electron chi connectivity index (χ3n) is 22.6. The Hall–Kier alpha value is -12.7. The van der Waals surface area contributed by atoms with Crippen molar-refractivity contribution in [2.45, 2.75) is 41.5 Å². The van der Waals surface area contributed by atoms with Gasteiger partial charge in [-0.15, -0.1) is 68.0 Å². The molecule has 0 aliphatic heterocycles. The molecule has 18 aromatic carbocycles. The van der Waals surface area contributed by atoms with Gasteiger partial charge in [-0.3, -0.25) is 0 Å². The zero-order valence-electron chi connectivity index (χ0n) is 67.6. The first kappa shape index (κ1) is 77.2. The van der Waals surface area contributed by atoms with Crippen molar-refractivity contribution < 1.29 is 0 Å². The molecule has 120 heavy (non-hydrogen) atoms. The topological polar surface area (TPSA) is 0 Å². The molecule has 0 nitrogen and oxygen atoms in total. The summed E-state index contributed by atoms with van der Waals surface area (Å²) >= 11 is 11.3. The molecule has 0 aliphatic rings. The summed E-state index contributed by atoms with van der Waals surface area (Å²) < 4.78 is 16.5. The van der Waals surface area contributed by atoms with Crippen LogP contribution >= 0.6 is 68.0 Å². The minimum Gasteiger partial charge on any atom is -0.135 e. The molecule has 0 unspecified atom stereocenters. The third kappa shape index (κ3) is 15.8. The van der Waals surface area contributed by atoms with Crippen molar-refractivity contribution in [3.63, 3.8) is 0 Å². The smallest absolute Gasteiger partial charge is 0.0433 e. The molecule has 0 amide bonds. The Kier molecular flexibility index (Phi) is 22.1. The van der Waals surface area contributed by atoms with Crippen molar-refractivity contribution in [1.29, 1.82) is 0 Å². The normalized spacial score (nSPS) is 11.2. The van der Waals surface area contributed by atoms with E-state index in [-0.39, 0.29) is 0 Å². The van der Waals surface area contributed by atoms with Gasteiger partial charge in [-0.1, -0.05) is 380 Å². The third-order valence-corrected chi connectivity index (χ3v) is 30.0. The first-order chi connectivity index (χ1) is 59.0. The SMILES string of the molecule is Cc1ccc(-c2ccc3c(c2)sc2ccccc23)cc1.Cc1ccc(-c2cccc3c2sc2ccccc23)cc1.Cc1cccc(-c2ccc3c(c2)sc2ccccc23)c1.Cc1cccc(-c2cccc3c2sc2ccccc23)c1.Cc1cccc2c1sc1c(-c3ccccc3)cccc12.Cc1ccccc1-c1cccc2c1sc1ccccc12. The molecule has 0 N–H and O–H groups in total. The van der Waals surface area contributed by atoms with E-state index in [2.05, 4.69) is 442 Å². The fourth-order valence-corrected chi connectivity index (χ4v) is 23.8. The molecule has 6 aromatic heterocycles. The van der Waals surface area contributed by atoms with Crippen LogP contribution in [-0.4, -0.2) is 0 Å². The quantitative estimate of drug-likeness (QED) is 0.156. The lowest BCUT2D eigenvalue weighted by molar-refractivity contribution is 1.47. The predicted octanol–water partition coefficient (Wildman–Crippen LogP) is 36.2. The zero-order valence-corrected chi connectivity index (χ0v) is 72.5. The average molecular weight is 1650 g/mol. The van der Waals surface area contributed by atoms with Gasteiger partial charge in [0.05, 0.1) is 0 Å². The first-order valence-electron chi connectivity index (χ1n) is 40.8. The van der Waals surface area contributed by atoms with Crippen LogP contribution in [0.25, 0.3) is 188 Å². The zero-order chi connectivity index (χ0) is 81.2. The van der Waals surface area contributed by atoms with Crippen LogP contribution in [0.1, 0.15) is 33.4 Å². The fraction of sp³-hybridized carbons (Fsp3) is 0.0526. The van der Waals surface area contributed by atoms with Gasteiger partial charge in [0, 0.05) is 121 Å².